The molecular weight excluding hydrogens is 379 g/mol. The van der Waals surface area contributed by atoms with Gasteiger partial charge in [0, 0.05) is 39.5 Å². The molecule has 4 rings (SSSR count). The predicted octanol–water partition coefficient (Wildman–Crippen LogP) is 6.60. The molecule has 1 N–H and O–H groups in total. The van der Waals surface area contributed by atoms with Crippen LogP contribution in [0.25, 0.3) is 22.2 Å². The number of aromatic nitrogens is 1. The zero-order chi connectivity index (χ0) is 19.1. The highest BCUT2D eigenvalue weighted by atomic mass is 35.5. The van der Waals surface area contributed by atoms with Crippen LogP contribution in [0.4, 0.5) is 0 Å². The van der Waals surface area contributed by atoms with Gasteiger partial charge in [0.25, 0.3) is 0 Å². The Bertz CT molecular complexity index is 1010. The fraction of sp³-hybridized carbons (Fsp3) is 0.318. The minimum Gasteiger partial charge on any atom is -0.354 e. The van der Waals surface area contributed by atoms with Gasteiger partial charge in [-0.25, -0.2) is 0 Å². The van der Waals surface area contributed by atoms with Gasteiger partial charge in [-0.1, -0.05) is 48.3 Å². The van der Waals surface area contributed by atoms with Gasteiger partial charge in [0.05, 0.1) is 16.8 Å². The molecule has 3 aromatic rings. The third-order valence-electron chi connectivity index (χ3n) is 5.60. The summed E-state index contributed by atoms with van der Waals surface area (Å²) in [6.07, 6.45) is 2.34. The van der Waals surface area contributed by atoms with Gasteiger partial charge >= 0.3 is 0 Å². The number of amides is 1. The van der Waals surface area contributed by atoms with Crippen molar-refractivity contribution in [3.05, 3.63) is 58.1 Å². The standard InChI is InChI=1S/C22H22Cl2N2O/c1-3-13(2)26-19(10-11-20(26)27)21-16-6-4-5-7-18(16)25-22(21)15-9-8-14(23)12-17(15)24/h4-9,12-13,19,25H,3,10-11H2,1-2H3/t13-,19-/m1/s1. The van der Waals surface area contributed by atoms with Crippen molar-refractivity contribution in [2.45, 2.75) is 45.2 Å². The number of aromatic amines is 1. The molecule has 2 heterocycles. The van der Waals surface area contributed by atoms with Crippen LogP contribution in [-0.4, -0.2) is 21.8 Å². The van der Waals surface area contributed by atoms with Gasteiger partial charge in [-0.05, 0) is 44.0 Å². The molecule has 1 aromatic heterocycles. The highest BCUT2D eigenvalue weighted by Gasteiger charge is 2.37. The molecule has 0 spiro atoms. The van der Waals surface area contributed by atoms with E-state index in [0.29, 0.717) is 16.5 Å². The summed E-state index contributed by atoms with van der Waals surface area (Å²) in [5.41, 5.74) is 4.10. The zero-order valence-electron chi connectivity index (χ0n) is 15.4. The molecule has 1 amide bonds. The van der Waals surface area contributed by atoms with E-state index in [1.807, 2.05) is 24.3 Å². The Balaban J connectivity index is 1.95. The number of nitrogens with one attached hydrogen (secondary N) is 1. The van der Waals surface area contributed by atoms with Crippen molar-refractivity contribution in [2.75, 3.05) is 0 Å². The molecule has 1 saturated heterocycles. The molecule has 3 nitrogen and oxygen atoms in total. The smallest absolute Gasteiger partial charge is 0.223 e. The predicted molar refractivity (Wildman–Crippen MR) is 112 cm³/mol. The quantitative estimate of drug-likeness (QED) is 0.525. The summed E-state index contributed by atoms with van der Waals surface area (Å²) < 4.78 is 0. The van der Waals surface area contributed by atoms with Crippen molar-refractivity contribution in [1.82, 2.24) is 9.88 Å². The molecule has 0 saturated carbocycles. The van der Waals surface area contributed by atoms with E-state index in [1.54, 1.807) is 6.07 Å². The second-order valence-electron chi connectivity index (χ2n) is 7.20. The van der Waals surface area contributed by atoms with Crippen molar-refractivity contribution in [3.63, 3.8) is 0 Å². The lowest BCUT2D eigenvalue weighted by atomic mass is 9.96. The maximum atomic E-state index is 12.6. The van der Waals surface area contributed by atoms with Gasteiger partial charge in [-0.2, -0.15) is 0 Å². The molecule has 140 valence electrons. The first-order chi connectivity index (χ1) is 13.0. The minimum atomic E-state index is 0.0466. The van der Waals surface area contributed by atoms with E-state index in [0.717, 1.165) is 40.6 Å². The maximum absolute atomic E-state index is 12.6. The minimum absolute atomic E-state index is 0.0466. The Labute approximate surface area is 169 Å². The summed E-state index contributed by atoms with van der Waals surface area (Å²) in [4.78, 5) is 18.3. The lowest BCUT2D eigenvalue weighted by molar-refractivity contribution is -0.131. The number of rotatable bonds is 4. The van der Waals surface area contributed by atoms with Crippen molar-refractivity contribution in [1.29, 1.82) is 0 Å². The number of carbonyl (C=O) groups is 1. The second kappa shape index (κ2) is 7.21. The number of benzene rings is 2. The van der Waals surface area contributed by atoms with E-state index < -0.39 is 0 Å². The van der Waals surface area contributed by atoms with Crippen LogP contribution in [0.3, 0.4) is 0 Å². The fourth-order valence-electron chi connectivity index (χ4n) is 4.15. The first-order valence-corrected chi connectivity index (χ1v) is 10.1. The highest BCUT2D eigenvalue weighted by Crippen LogP contribution is 2.45. The van der Waals surface area contributed by atoms with E-state index in [1.165, 1.54) is 0 Å². The van der Waals surface area contributed by atoms with Crippen LogP contribution >= 0.6 is 23.2 Å². The Morgan fingerprint density at radius 1 is 1.22 bits per heavy atom. The number of nitrogens with zero attached hydrogens (tertiary/aromatic N) is 1. The SMILES string of the molecule is CC[C@@H](C)N1C(=O)CC[C@@H]1c1c(-c2ccc(Cl)cc2Cl)[nH]c2ccccc12. The number of hydrogen-bond donors (Lipinski definition) is 1. The number of para-hydroxylation sites is 1. The van der Waals surface area contributed by atoms with Gasteiger partial charge < -0.3 is 9.88 Å². The Kier molecular flexibility index (Phi) is 4.92. The number of carbonyl (C=O) groups excluding carboxylic acids is 1. The summed E-state index contributed by atoms with van der Waals surface area (Å²) in [6.45, 7) is 4.25. The summed E-state index contributed by atoms with van der Waals surface area (Å²) in [6, 6.07) is 14.0. The van der Waals surface area contributed by atoms with E-state index in [4.69, 9.17) is 23.2 Å². The van der Waals surface area contributed by atoms with Gasteiger partial charge in [-0.15, -0.1) is 0 Å². The summed E-state index contributed by atoms with van der Waals surface area (Å²) in [7, 11) is 0. The lowest BCUT2D eigenvalue weighted by Gasteiger charge is -2.31. The van der Waals surface area contributed by atoms with Crippen LogP contribution in [0.2, 0.25) is 10.0 Å². The zero-order valence-corrected chi connectivity index (χ0v) is 16.9. The second-order valence-corrected chi connectivity index (χ2v) is 8.04. The molecule has 0 unspecified atom stereocenters. The van der Waals surface area contributed by atoms with Gasteiger partial charge in [0.15, 0.2) is 0 Å². The van der Waals surface area contributed by atoms with Crippen LogP contribution in [0.5, 0.6) is 0 Å². The number of likely N-dealkylation sites (tertiary alicyclic amines) is 1. The highest BCUT2D eigenvalue weighted by molar-refractivity contribution is 6.36. The number of fused-ring (bicyclic) bond motifs is 1. The summed E-state index contributed by atoms with van der Waals surface area (Å²) >= 11 is 12.6. The molecule has 2 atom stereocenters. The summed E-state index contributed by atoms with van der Waals surface area (Å²) in [5, 5.41) is 2.36. The lowest BCUT2D eigenvalue weighted by Crippen LogP contribution is -2.35. The molecule has 1 fully saturated rings. The molecule has 0 bridgehead atoms. The maximum Gasteiger partial charge on any atom is 0.223 e. The third-order valence-corrected chi connectivity index (χ3v) is 6.15. The molecule has 0 aliphatic carbocycles. The number of hydrogen-bond acceptors (Lipinski definition) is 1. The number of H-pyrrole nitrogens is 1. The molecule has 27 heavy (non-hydrogen) atoms. The van der Waals surface area contributed by atoms with Gasteiger partial charge in [0.2, 0.25) is 5.91 Å². The van der Waals surface area contributed by atoms with E-state index in [-0.39, 0.29) is 18.0 Å². The van der Waals surface area contributed by atoms with Crippen LogP contribution in [0.15, 0.2) is 42.5 Å². The average molecular weight is 401 g/mol. The van der Waals surface area contributed by atoms with Crippen molar-refractivity contribution in [2.24, 2.45) is 0 Å². The topological polar surface area (TPSA) is 36.1 Å². The van der Waals surface area contributed by atoms with Crippen LogP contribution in [0.1, 0.15) is 44.7 Å². The fourth-order valence-corrected chi connectivity index (χ4v) is 4.65. The van der Waals surface area contributed by atoms with Crippen LogP contribution in [-0.2, 0) is 4.79 Å². The molecule has 0 radical (unpaired) electrons. The monoisotopic (exact) mass is 400 g/mol. The van der Waals surface area contributed by atoms with E-state index >= 15 is 0 Å². The average Bonchev–Trinajstić information content (AvgIpc) is 3.21. The summed E-state index contributed by atoms with van der Waals surface area (Å²) in [5.74, 6) is 0.229. The first-order valence-electron chi connectivity index (χ1n) is 9.38. The van der Waals surface area contributed by atoms with E-state index in [2.05, 4.69) is 35.9 Å². The molecule has 1 aliphatic rings. The molecule has 1 aliphatic heterocycles. The number of halogens is 2. The Morgan fingerprint density at radius 2 is 2.00 bits per heavy atom. The van der Waals surface area contributed by atoms with Crippen molar-refractivity contribution >= 4 is 40.0 Å². The van der Waals surface area contributed by atoms with Crippen molar-refractivity contribution in [3.8, 4) is 11.3 Å². The largest absolute Gasteiger partial charge is 0.354 e. The Morgan fingerprint density at radius 3 is 2.74 bits per heavy atom. The third kappa shape index (κ3) is 3.13. The first kappa shape index (κ1) is 18.4. The normalized spacial score (nSPS) is 18.4. The van der Waals surface area contributed by atoms with Crippen LogP contribution < -0.4 is 0 Å². The van der Waals surface area contributed by atoms with E-state index in [9.17, 15) is 4.79 Å². The Hall–Kier alpha value is -1.97. The van der Waals surface area contributed by atoms with Gasteiger partial charge in [-0.3, -0.25) is 4.79 Å². The molecule has 5 heteroatoms. The van der Waals surface area contributed by atoms with Crippen LogP contribution in [0, 0.1) is 0 Å². The molecule has 2 aromatic carbocycles. The molecular formula is C22H22Cl2N2O. The van der Waals surface area contributed by atoms with Crippen molar-refractivity contribution < 1.29 is 4.79 Å². The van der Waals surface area contributed by atoms with Gasteiger partial charge in [0.1, 0.15) is 0 Å².